The van der Waals surface area contributed by atoms with Gasteiger partial charge >= 0.3 is 12.1 Å². The first-order chi connectivity index (χ1) is 23.2. The molecule has 0 aliphatic rings. The molecule has 3 rings (SSSR count). The summed E-state index contributed by atoms with van der Waals surface area (Å²) in [6.07, 6.45) is 2.60. The van der Waals surface area contributed by atoms with Crippen molar-refractivity contribution >= 4 is 38.0 Å². The Labute approximate surface area is 305 Å². The first-order valence-corrected chi connectivity index (χ1v) is 21.3. The van der Waals surface area contributed by atoms with Crippen molar-refractivity contribution in [2.75, 3.05) is 12.4 Å². The Morgan fingerprint density at radius 1 is 0.860 bits per heavy atom. The van der Waals surface area contributed by atoms with Crippen molar-refractivity contribution in [2.45, 2.75) is 116 Å². The molecule has 2 atom stereocenters. The Balaban J connectivity index is 1.78. The maximum absolute atomic E-state index is 14.0. The summed E-state index contributed by atoms with van der Waals surface area (Å²) >= 11 is 1.79. The van der Waals surface area contributed by atoms with Gasteiger partial charge in [0.05, 0.1) is 13.0 Å². The van der Waals surface area contributed by atoms with Gasteiger partial charge in [0.1, 0.15) is 29.5 Å². The van der Waals surface area contributed by atoms with Crippen molar-refractivity contribution in [3.05, 3.63) is 83.6 Å². The van der Waals surface area contributed by atoms with E-state index >= 15 is 0 Å². The molecule has 0 radical (unpaired) electrons. The minimum absolute atomic E-state index is 0.0203. The van der Waals surface area contributed by atoms with Gasteiger partial charge in [-0.1, -0.05) is 71.9 Å². The van der Waals surface area contributed by atoms with E-state index in [9.17, 15) is 9.59 Å². The normalized spacial score (nSPS) is 13.6. The molecule has 3 aromatic rings. The molecule has 274 valence electrons. The summed E-state index contributed by atoms with van der Waals surface area (Å²) in [5.41, 5.74) is 2.10. The number of amides is 1. The number of esters is 1. The number of carbonyl (C=O) groups is 2. The highest BCUT2D eigenvalue weighted by Crippen LogP contribution is 2.40. The molecule has 0 bridgehead atoms. The number of aromatic nitrogens is 1. The molecule has 0 saturated heterocycles. The maximum Gasteiger partial charge on any atom is 0.413 e. The van der Waals surface area contributed by atoms with Gasteiger partial charge in [-0.15, -0.1) is 0 Å². The Hall–Kier alpha value is -3.50. The number of ether oxygens (including phenoxy) is 3. The van der Waals surface area contributed by atoms with Crippen molar-refractivity contribution in [1.29, 1.82) is 0 Å². The number of thioether (sulfide) groups is 1. The van der Waals surface area contributed by atoms with Gasteiger partial charge in [-0.25, -0.2) is 9.78 Å². The molecule has 8 nitrogen and oxygen atoms in total. The van der Waals surface area contributed by atoms with Gasteiger partial charge in [0.25, 0.3) is 0 Å². The monoisotopic (exact) mass is 722 g/mol. The second-order valence-electron chi connectivity index (χ2n) is 16.4. The quantitative estimate of drug-likeness (QED) is 0.130. The topological polar surface area (TPSA) is 96.0 Å². The molecule has 50 heavy (non-hydrogen) atoms. The van der Waals surface area contributed by atoms with E-state index in [1.54, 1.807) is 58.0 Å². The number of carbonyl (C=O) groups excluding carboxylic acids is 2. The van der Waals surface area contributed by atoms with Crippen LogP contribution in [-0.2, 0) is 33.0 Å². The van der Waals surface area contributed by atoms with Gasteiger partial charge in [0.2, 0.25) is 8.32 Å². The van der Waals surface area contributed by atoms with Crippen LogP contribution in [0.3, 0.4) is 0 Å². The van der Waals surface area contributed by atoms with E-state index in [4.69, 9.17) is 18.6 Å². The van der Waals surface area contributed by atoms with E-state index in [1.807, 2.05) is 18.2 Å². The van der Waals surface area contributed by atoms with Crippen LogP contribution in [0.1, 0.15) is 85.4 Å². The number of hydrogen-bond donors (Lipinski definition) is 1. The largest absolute Gasteiger partial charge is 0.543 e. The van der Waals surface area contributed by atoms with Gasteiger partial charge in [-0.2, -0.15) is 11.8 Å². The molecule has 2 aromatic carbocycles. The van der Waals surface area contributed by atoms with E-state index in [0.29, 0.717) is 5.82 Å². The molecular formula is C40H58N2O6SSi. The van der Waals surface area contributed by atoms with Crippen LogP contribution in [0.2, 0.25) is 18.1 Å². The Bertz CT molecular complexity index is 1540. The van der Waals surface area contributed by atoms with Crippen LogP contribution >= 0.6 is 11.8 Å². The van der Waals surface area contributed by atoms with Crippen LogP contribution in [-0.4, -0.2) is 43.3 Å². The number of nitrogens with zero attached hydrogens (tertiary/aromatic N) is 1. The molecular weight excluding hydrogens is 665 g/mol. The van der Waals surface area contributed by atoms with Gasteiger partial charge in [0.15, 0.2) is 0 Å². The minimum atomic E-state index is -1.99. The van der Waals surface area contributed by atoms with E-state index in [0.717, 1.165) is 41.2 Å². The predicted molar refractivity (Wildman–Crippen MR) is 207 cm³/mol. The first kappa shape index (κ1) is 40.9. The fraction of sp³-hybridized carbons (Fsp3) is 0.525. The number of pyridine rings is 1. The van der Waals surface area contributed by atoms with E-state index in [1.165, 1.54) is 5.56 Å². The Morgan fingerprint density at radius 2 is 1.52 bits per heavy atom. The van der Waals surface area contributed by atoms with Crippen molar-refractivity contribution in [2.24, 2.45) is 11.3 Å². The van der Waals surface area contributed by atoms with Gasteiger partial charge in [-0.3, -0.25) is 10.1 Å². The van der Waals surface area contributed by atoms with E-state index in [-0.39, 0.29) is 34.2 Å². The summed E-state index contributed by atoms with van der Waals surface area (Å²) in [6, 6.07) is 19.9. The van der Waals surface area contributed by atoms with Crippen LogP contribution in [0.25, 0.3) is 0 Å². The summed E-state index contributed by atoms with van der Waals surface area (Å²) in [4.78, 5) is 30.4. The van der Waals surface area contributed by atoms with Crippen molar-refractivity contribution < 1.29 is 28.2 Å². The zero-order valence-corrected chi connectivity index (χ0v) is 34.0. The third-order valence-electron chi connectivity index (χ3n) is 8.81. The molecule has 1 amide bonds. The SMILES string of the molecule is COc1ccc(CSC(CCc2cccc(O[Si](C)(C)C(C)(C)C)c2)C(C(=O)OCc2ccc(NC(=O)OC(C)(C)C)nc2)C(C)(C)C)cc1. The van der Waals surface area contributed by atoms with Crippen LogP contribution < -0.4 is 14.5 Å². The Morgan fingerprint density at radius 3 is 2.08 bits per heavy atom. The first-order valence-electron chi connectivity index (χ1n) is 17.3. The molecule has 1 heterocycles. The molecule has 1 N–H and O–H groups in total. The maximum atomic E-state index is 14.0. The zero-order chi connectivity index (χ0) is 37.3. The van der Waals surface area contributed by atoms with Crippen LogP contribution in [0.15, 0.2) is 66.9 Å². The highest BCUT2D eigenvalue weighted by molar-refractivity contribution is 7.99. The molecule has 2 unspecified atom stereocenters. The molecule has 0 aliphatic carbocycles. The van der Waals surface area contributed by atoms with E-state index < -0.39 is 20.0 Å². The number of methoxy groups -OCH3 is 1. The fourth-order valence-corrected chi connectivity index (χ4v) is 7.71. The number of nitrogens with one attached hydrogen (secondary N) is 1. The molecule has 10 heteroatoms. The summed E-state index contributed by atoms with van der Waals surface area (Å²) in [5, 5.41) is 2.71. The van der Waals surface area contributed by atoms with Crippen molar-refractivity contribution in [3.63, 3.8) is 0 Å². The highest BCUT2D eigenvalue weighted by atomic mass is 32.2. The third kappa shape index (κ3) is 13.0. The standard InChI is InChI=1S/C40H58N2O6SSi/c1-38(2,3)35(36(43)46-26-30-19-23-34(41-25-30)42-37(44)47-39(4,5)6)33(49-27-29-16-20-31(45-10)21-17-29)22-18-28-14-13-15-32(24-28)48-50(11,12)40(7,8)9/h13-17,19-21,23-25,33,35H,18,22,26-27H2,1-12H3,(H,41,42,44). The molecule has 0 saturated carbocycles. The zero-order valence-electron chi connectivity index (χ0n) is 32.1. The van der Waals surface area contributed by atoms with Crippen molar-refractivity contribution in [1.82, 2.24) is 4.98 Å². The van der Waals surface area contributed by atoms with Gasteiger partial charge in [-0.05, 0) is 98.6 Å². The summed E-state index contributed by atoms with van der Waals surface area (Å²) in [7, 11) is -0.324. The molecule has 0 spiro atoms. The minimum Gasteiger partial charge on any atom is -0.543 e. The fourth-order valence-electron chi connectivity index (χ4n) is 5.09. The molecule has 0 fully saturated rings. The lowest BCUT2D eigenvalue weighted by Crippen LogP contribution is -2.43. The van der Waals surface area contributed by atoms with Crippen molar-refractivity contribution in [3.8, 4) is 11.5 Å². The lowest BCUT2D eigenvalue weighted by Gasteiger charge is -2.36. The second-order valence-corrected chi connectivity index (χ2v) is 22.3. The average molecular weight is 723 g/mol. The molecule has 0 aliphatic heterocycles. The lowest BCUT2D eigenvalue weighted by molar-refractivity contribution is -0.153. The van der Waals surface area contributed by atoms with Crippen LogP contribution in [0, 0.1) is 11.3 Å². The number of aryl methyl sites for hydroxylation is 1. The highest BCUT2D eigenvalue weighted by Gasteiger charge is 2.40. The lowest BCUT2D eigenvalue weighted by atomic mass is 9.77. The number of anilines is 1. The Kier molecular flexibility index (Phi) is 14.0. The number of rotatable bonds is 14. The van der Waals surface area contributed by atoms with E-state index in [2.05, 4.69) is 95.3 Å². The second kappa shape index (κ2) is 17.1. The smallest absolute Gasteiger partial charge is 0.413 e. The van der Waals surface area contributed by atoms with Gasteiger partial charge in [0, 0.05) is 22.8 Å². The summed E-state index contributed by atoms with van der Waals surface area (Å²) in [5.74, 6) is 2.21. The van der Waals surface area contributed by atoms with Crippen LogP contribution in [0.4, 0.5) is 10.6 Å². The average Bonchev–Trinajstić information content (AvgIpc) is 3.00. The summed E-state index contributed by atoms with van der Waals surface area (Å²) < 4.78 is 23.3. The number of hydrogen-bond acceptors (Lipinski definition) is 8. The predicted octanol–water partition coefficient (Wildman–Crippen LogP) is 10.5. The number of benzene rings is 2. The molecule has 1 aromatic heterocycles. The third-order valence-corrected chi connectivity index (χ3v) is 14.6. The summed E-state index contributed by atoms with van der Waals surface area (Å²) in [6.45, 7) is 23.0. The van der Waals surface area contributed by atoms with Gasteiger partial charge < -0.3 is 18.6 Å². The van der Waals surface area contributed by atoms with Crippen LogP contribution in [0.5, 0.6) is 11.5 Å².